The molecule has 2 saturated heterocycles. The number of rotatable bonds is 4. The van der Waals surface area contributed by atoms with Gasteiger partial charge < -0.3 is 9.88 Å². The fourth-order valence-corrected chi connectivity index (χ4v) is 5.60. The predicted octanol–water partition coefficient (Wildman–Crippen LogP) is 3.92. The number of nitrogens with one attached hydrogen (secondary N) is 1. The second kappa shape index (κ2) is 6.96. The summed E-state index contributed by atoms with van der Waals surface area (Å²) in [4.78, 5) is 8.96. The van der Waals surface area contributed by atoms with Crippen molar-refractivity contribution in [3.63, 3.8) is 0 Å². The summed E-state index contributed by atoms with van der Waals surface area (Å²) in [5.74, 6) is -3.27. The summed E-state index contributed by atoms with van der Waals surface area (Å²) in [7, 11) is -3.66. The standard InChI is InChI=1S/C21H21F3N4O2S/c1-13-16(22)10-18-19(25-13)11-17(26-18)15-9-14(31(29,30)28-6-2-7-28)3-4-20(15)27-8-5-21(23,24)12-27/h3-4,9-11,26H,2,5-8,12H2,1H3. The molecule has 5 rings (SSSR count). The molecule has 2 aromatic heterocycles. The Morgan fingerprint density at radius 1 is 1.13 bits per heavy atom. The third kappa shape index (κ3) is 3.47. The van der Waals surface area contributed by atoms with Crippen molar-refractivity contribution in [2.24, 2.45) is 0 Å². The van der Waals surface area contributed by atoms with Gasteiger partial charge in [0.25, 0.3) is 5.92 Å². The van der Waals surface area contributed by atoms with Crippen LogP contribution in [0.3, 0.4) is 0 Å². The zero-order chi connectivity index (χ0) is 22.0. The number of fused-ring (bicyclic) bond motifs is 1. The maximum atomic E-state index is 14.0. The molecule has 0 aliphatic carbocycles. The first-order chi connectivity index (χ1) is 14.6. The van der Waals surface area contributed by atoms with E-state index in [1.807, 2.05) is 0 Å². The Balaban J connectivity index is 1.66. The third-order valence-corrected chi connectivity index (χ3v) is 7.85. The van der Waals surface area contributed by atoms with Crippen molar-refractivity contribution < 1.29 is 21.6 Å². The molecular weight excluding hydrogens is 429 g/mol. The minimum Gasteiger partial charge on any atom is -0.365 e. The summed E-state index contributed by atoms with van der Waals surface area (Å²) in [6.07, 6.45) is 0.546. The molecule has 0 bridgehead atoms. The van der Waals surface area contributed by atoms with E-state index in [4.69, 9.17) is 0 Å². The van der Waals surface area contributed by atoms with Crippen LogP contribution in [0.1, 0.15) is 18.5 Å². The number of nitrogens with zero attached hydrogens (tertiary/aromatic N) is 3. The van der Waals surface area contributed by atoms with E-state index in [0.29, 0.717) is 41.1 Å². The molecule has 2 aliphatic heterocycles. The predicted molar refractivity (Wildman–Crippen MR) is 111 cm³/mol. The molecule has 3 aromatic rings. The van der Waals surface area contributed by atoms with Gasteiger partial charge in [-0.15, -0.1) is 0 Å². The van der Waals surface area contributed by atoms with Gasteiger partial charge in [0.15, 0.2) is 0 Å². The van der Waals surface area contributed by atoms with Gasteiger partial charge in [0.2, 0.25) is 10.0 Å². The summed E-state index contributed by atoms with van der Waals surface area (Å²) in [6.45, 7) is 2.20. The van der Waals surface area contributed by atoms with Crippen molar-refractivity contribution in [3.05, 3.63) is 41.8 Å². The van der Waals surface area contributed by atoms with E-state index in [1.165, 1.54) is 22.5 Å². The molecule has 4 heterocycles. The lowest BCUT2D eigenvalue weighted by Gasteiger charge is -2.30. The van der Waals surface area contributed by atoms with Crippen LogP contribution in [-0.2, 0) is 10.0 Å². The highest BCUT2D eigenvalue weighted by atomic mass is 32.2. The lowest BCUT2D eigenvalue weighted by Crippen LogP contribution is -2.41. The van der Waals surface area contributed by atoms with Crippen LogP contribution in [-0.4, -0.2) is 54.8 Å². The van der Waals surface area contributed by atoms with Gasteiger partial charge >= 0.3 is 0 Å². The smallest absolute Gasteiger partial charge is 0.266 e. The molecular formula is C21H21F3N4O2S. The largest absolute Gasteiger partial charge is 0.365 e. The van der Waals surface area contributed by atoms with Crippen LogP contribution >= 0.6 is 0 Å². The number of benzene rings is 1. The van der Waals surface area contributed by atoms with Crippen LogP contribution in [0.4, 0.5) is 18.9 Å². The number of pyridine rings is 1. The van der Waals surface area contributed by atoms with Gasteiger partial charge in [0, 0.05) is 43.4 Å². The van der Waals surface area contributed by atoms with E-state index in [-0.39, 0.29) is 23.6 Å². The summed E-state index contributed by atoms with van der Waals surface area (Å²) in [6, 6.07) is 7.57. The van der Waals surface area contributed by atoms with Crippen molar-refractivity contribution in [3.8, 4) is 11.3 Å². The monoisotopic (exact) mass is 450 g/mol. The molecule has 0 unspecified atom stereocenters. The zero-order valence-electron chi connectivity index (χ0n) is 16.8. The number of hydrogen-bond acceptors (Lipinski definition) is 4. The van der Waals surface area contributed by atoms with Gasteiger partial charge in [-0.25, -0.2) is 26.6 Å². The Bertz CT molecular complexity index is 1250. The number of H-pyrrole nitrogens is 1. The molecule has 1 N–H and O–H groups in total. The molecule has 0 amide bonds. The van der Waals surface area contributed by atoms with Crippen molar-refractivity contribution in [1.29, 1.82) is 0 Å². The molecule has 164 valence electrons. The SMILES string of the molecule is Cc1nc2cc(-c3cc(S(=O)(=O)N4CCC4)ccc3N3CCC(F)(F)C3)[nH]c2cc1F. The zero-order valence-corrected chi connectivity index (χ0v) is 17.6. The first kappa shape index (κ1) is 20.3. The van der Waals surface area contributed by atoms with Crippen molar-refractivity contribution in [2.45, 2.75) is 30.6 Å². The fraction of sp³-hybridized carbons (Fsp3) is 0.381. The number of halogens is 3. The lowest BCUT2D eigenvalue weighted by molar-refractivity contribution is 0.0257. The average Bonchev–Trinajstić information content (AvgIpc) is 3.22. The fourth-order valence-electron chi connectivity index (χ4n) is 4.06. The lowest BCUT2D eigenvalue weighted by atomic mass is 10.1. The topological polar surface area (TPSA) is 69.3 Å². The Hall–Kier alpha value is -2.59. The normalized spacial score (nSPS) is 19.2. The van der Waals surface area contributed by atoms with E-state index in [0.717, 1.165) is 6.42 Å². The van der Waals surface area contributed by atoms with Crippen LogP contribution in [0.2, 0.25) is 0 Å². The van der Waals surface area contributed by atoms with Crippen LogP contribution in [0.25, 0.3) is 22.3 Å². The summed E-state index contributed by atoms with van der Waals surface area (Å²) in [5.41, 5.74) is 2.68. The highest BCUT2D eigenvalue weighted by Crippen LogP contribution is 2.39. The molecule has 1 aromatic carbocycles. The Morgan fingerprint density at radius 3 is 2.55 bits per heavy atom. The number of aromatic nitrogens is 2. The van der Waals surface area contributed by atoms with Crippen LogP contribution in [0, 0.1) is 12.7 Å². The third-order valence-electron chi connectivity index (χ3n) is 5.95. The number of anilines is 1. The second-order valence-electron chi connectivity index (χ2n) is 8.14. The Labute approximate surface area is 177 Å². The van der Waals surface area contributed by atoms with Crippen LogP contribution in [0.15, 0.2) is 35.2 Å². The van der Waals surface area contributed by atoms with Gasteiger partial charge in [-0.1, -0.05) is 0 Å². The second-order valence-corrected chi connectivity index (χ2v) is 10.1. The molecule has 2 aliphatic rings. The van der Waals surface area contributed by atoms with Gasteiger partial charge in [-0.05, 0) is 37.6 Å². The minimum absolute atomic E-state index is 0.103. The maximum Gasteiger partial charge on any atom is 0.266 e. The van der Waals surface area contributed by atoms with Crippen molar-refractivity contribution >= 4 is 26.7 Å². The molecule has 2 fully saturated rings. The van der Waals surface area contributed by atoms with E-state index in [2.05, 4.69) is 9.97 Å². The number of sulfonamides is 1. The highest BCUT2D eigenvalue weighted by molar-refractivity contribution is 7.89. The molecule has 0 spiro atoms. The van der Waals surface area contributed by atoms with Crippen LogP contribution in [0.5, 0.6) is 0 Å². The summed E-state index contributed by atoms with van der Waals surface area (Å²) in [5, 5.41) is 0. The molecule has 10 heteroatoms. The molecule has 6 nitrogen and oxygen atoms in total. The van der Waals surface area contributed by atoms with E-state index < -0.39 is 28.3 Å². The summed E-state index contributed by atoms with van der Waals surface area (Å²) >= 11 is 0. The quantitative estimate of drug-likeness (QED) is 0.654. The Morgan fingerprint density at radius 2 is 1.90 bits per heavy atom. The number of alkyl halides is 2. The number of aryl methyl sites for hydroxylation is 1. The number of aromatic amines is 1. The highest BCUT2D eigenvalue weighted by Gasteiger charge is 2.39. The van der Waals surface area contributed by atoms with Gasteiger partial charge in [0.05, 0.1) is 33.9 Å². The van der Waals surface area contributed by atoms with Crippen LogP contribution < -0.4 is 4.90 Å². The van der Waals surface area contributed by atoms with E-state index in [9.17, 15) is 21.6 Å². The number of hydrogen-bond donors (Lipinski definition) is 1. The van der Waals surface area contributed by atoms with E-state index >= 15 is 0 Å². The van der Waals surface area contributed by atoms with Crippen molar-refractivity contribution in [2.75, 3.05) is 31.1 Å². The van der Waals surface area contributed by atoms with Gasteiger partial charge in [-0.2, -0.15) is 4.31 Å². The minimum atomic E-state index is -3.66. The molecule has 0 radical (unpaired) electrons. The summed E-state index contributed by atoms with van der Waals surface area (Å²) < 4.78 is 69.0. The molecule has 31 heavy (non-hydrogen) atoms. The average molecular weight is 450 g/mol. The maximum absolute atomic E-state index is 14.0. The van der Waals surface area contributed by atoms with Gasteiger partial charge in [0.1, 0.15) is 5.82 Å². The van der Waals surface area contributed by atoms with Crippen molar-refractivity contribution in [1.82, 2.24) is 14.3 Å². The first-order valence-corrected chi connectivity index (χ1v) is 11.5. The molecule has 0 saturated carbocycles. The molecule has 0 atom stereocenters. The Kier molecular flexibility index (Phi) is 4.56. The van der Waals surface area contributed by atoms with E-state index in [1.54, 1.807) is 24.0 Å². The van der Waals surface area contributed by atoms with Gasteiger partial charge in [-0.3, -0.25) is 0 Å². The first-order valence-electron chi connectivity index (χ1n) is 10.1.